The summed E-state index contributed by atoms with van der Waals surface area (Å²) in [5.41, 5.74) is 2.91. The van der Waals surface area contributed by atoms with Gasteiger partial charge in [0.05, 0.1) is 30.4 Å². The molecular formula is C24H23FN8O. The number of aromatic amines is 1. The van der Waals surface area contributed by atoms with Crippen molar-refractivity contribution in [3.8, 4) is 17.3 Å². The minimum Gasteiger partial charge on any atom is -0.346 e. The van der Waals surface area contributed by atoms with Crippen molar-refractivity contribution in [3.05, 3.63) is 66.6 Å². The quantitative estimate of drug-likeness (QED) is 0.476. The molecule has 10 heteroatoms. The molecule has 1 atom stereocenters. The number of nitrogens with zero attached hydrogens (tertiary/aromatic N) is 7. The normalized spacial score (nSPS) is 15.4. The Morgan fingerprint density at radius 3 is 2.71 bits per heavy atom. The van der Waals surface area contributed by atoms with Gasteiger partial charge in [0.15, 0.2) is 0 Å². The molecule has 0 saturated carbocycles. The second-order valence-electron chi connectivity index (χ2n) is 8.29. The maximum Gasteiger partial charge on any atom is 0.253 e. The lowest BCUT2D eigenvalue weighted by Gasteiger charge is -2.36. The van der Waals surface area contributed by atoms with Gasteiger partial charge < -0.3 is 9.88 Å². The minimum atomic E-state index is -0.357. The number of rotatable bonds is 6. The molecule has 0 bridgehead atoms. The van der Waals surface area contributed by atoms with Crippen LogP contribution in [-0.2, 0) is 0 Å². The number of amides is 1. The Hall–Kier alpha value is -4.10. The molecule has 1 amide bonds. The zero-order valence-corrected chi connectivity index (χ0v) is 18.4. The third-order valence-corrected chi connectivity index (χ3v) is 6.15. The van der Waals surface area contributed by atoms with Crippen LogP contribution in [0.4, 0.5) is 4.39 Å². The number of carbonyl (C=O) groups is 1. The van der Waals surface area contributed by atoms with Crippen molar-refractivity contribution in [3.63, 3.8) is 0 Å². The van der Waals surface area contributed by atoms with Crippen LogP contribution in [0.25, 0.3) is 22.3 Å². The predicted molar refractivity (Wildman–Crippen MR) is 123 cm³/mol. The van der Waals surface area contributed by atoms with E-state index in [0.717, 1.165) is 22.3 Å². The van der Waals surface area contributed by atoms with Crippen LogP contribution in [0.15, 0.2) is 55.2 Å². The molecule has 1 aromatic carbocycles. The highest BCUT2D eigenvalue weighted by Gasteiger charge is 2.25. The van der Waals surface area contributed by atoms with E-state index in [-0.39, 0.29) is 17.8 Å². The number of hydrogen-bond acceptors (Lipinski definition) is 6. The van der Waals surface area contributed by atoms with E-state index < -0.39 is 0 Å². The molecule has 4 aromatic rings. The van der Waals surface area contributed by atoms with Crippen molar-refractivity contribution < 1.29 is 9.18 Å². The number of fused-ring (bicyclic) bond motifs is 1. The monoisotopic (exact) mass is 458 g/mol. The third-order valence-electron chi connectivity index (χ3n) is 6.15. The largest absolute Gasteiger partial charge is 0.346 e. The van der Waals surface area contributed by atoms with E-state index in [1.807, 2.05) is 23.1 Å². The second-order valence-corrected chi connectivity index (χ2v) is 8.29. The zero-order valence-electron chi connectivity index (χ0n) is 18.4. The van der Waals surface area contributed by atoms with Gasteiger partial charge in [-0.05, 0) is 30.3 Å². The number of aromatic nitrogens is 5. The van der Waals surface area contributed by atoms with Crippen molar-refractivity contribution in [2.75, 3.05) is 32.7 Å². The van der Waals surface area contributed by atoms with Crippen molar-refractivity contribution in [1.29, 1.82) is 5.26 Å². The SMILES string of the molecule is N#CCC(CN1CCN(C(=O)c2ccc(F)cc2)CC1)n1cc(-c2ncnc3[nH]ccc23)cn1. The topological polar surface area (TPSA) is 107 Å². The summed E-state index contributed by atoms with van der Waals surface area (Å²) in [4.78, 5) is 28.5. The lowest BCUT2D eigenvalue weighted by molar-refractivity contribution is 0.0617. The van der Waals surface area contributed by atoms with Crippen molar-refractivity contribution in [2.24, 2.45) is 0 Å². The van der Waals surface area contributed by atoms with Gasteiger partial charge >= 0.3 is 0 Å². The molecule has 0 aliphatic carbocycles. The molecule has 0 radical (unpaired) electrons. The summed E-state index contributed by atoms with van der Waals surface area (Å²) in [5.74, 6) is -0.449. The van der Waals surface area contributed by atoms with E-state index in [2.05, 4.69) is 31.0 Å². The molecule has 1 saturated heterocycles. The average Bonchev–Trinajstić information content (AvgIpc) is 3.54. The number of carbonyl (C=O) groups excluding carboxylic acids is 1. The standard InChI is InChI=1S/C24H23FN8O/c25-19-3-1-17(2-4-19)24(34)32-11-9-31(10-12-32)15-20(5-7-26)33-14-18(13-30-33)22-21-6-8-27-23(21)29-16-28-22/h1-4,6,8,13-14,16,20H,5,9-12,15H2,(H,27,28,29). The van der Waals surface area contributed by atoms with Gasteiger partial charge in [-0.1, -0.05) is 0 Å². The van der Waals surface area contributed by atoms with Gasteiger partial charge in [-0.3, -0.25) is 14.4 Å². The first kappa shape index (κ1) is 21.7. The van der Waals surface area contributed by atoms with Crippen molar-refractivity contribution in [1.82, 2.24) is 34.5 Å². The number of hydrogen-bond donors (Lipinski definition) is 1. The first-order valence-corrected chi connectivity index (χ1v) is 11.1. The highest BCUT2D eigenvalue weighted by molar-refractivity contribution is 5.94. The fourth-order valence-electron chi connectivity index (χ4n) is 4.32. The smallest absolute Gasteiger partial charge is 0.253 e. The summed E-state index contributed by atoms with van der Waals surface area (Å²) >= 11 is 0. The third kappa shape index (κ3) is 4.38. The van der Waals surface area contributed by atoms with Crippen LogP contribution in [-0.4, -0.2) is 73.2 Å². The molecule has 1 aliphatic heterocycles. The molecule has 5 rings (SSSR count). The van der Waals surface area contributed by atoms with E-state index in [9.17, 15) is 14.4 Å². The molecule has 3 aromatic heterocycles. The Bertz CT molecular complexity index is 1330. The molecule has 9 nitrogen and oxygen atoms in total. The maximum atomic E-state index is 13.2. The number of benzene rings is 1. The lowest BCUT2D eigenvalue weighted by atomic mass is 10.1. The number of nitrogens with one attached hydrogen (secondary N) is 1. The van der Waals surface area contributed by atoms with Gasteiger partial charge in [-0.2, -0.15) is 10.4 Å². The van der Waals surface area contributed by atoms with E-state index >= 15 is 0 Å². The molecule has 34 heavy (non-hydrogen) atoms. The van der Waals surface area contributed by atoms with Gasteiger partial charge in [0.1, 0.15) is 17.8 Å². The lowest BCUT2D eigenvalue weighted by Crippen LogP contribution is -2.49. The highest BCUT2D eigenvalue weighted by Crippen LogP contribution is 2.26. The number of H-pyrrole nitrogens is 1. The Balaban J connectivity index is 1.25. The molecule has 172 valence electrons. The first-order valence-electron chi connectivity index (χ1n) is 11.1. The van der Waals surface area contributed by atoms with E-state index in [0.29, 0.717) is 44.7 Å². The summed E-state index contributed by atoms with van der Waals surface area (Å²) in [6.07, 6.45) is 7.35. The molecule has 1 unspecified atom stereocenters. The Morgan fingerprint density at radius 2 is 1.94 bits per heavy atom. The van der Waals surface area contributed by atoms with Crippen LogP contribution in [0.3, 0.4) is 0 Å². The number of piperazine rings is 1. The summed E-state index contributed by atoms with van der Waals surface area (Å²) in [6.45, 7) is 3.19. The van der Waals surface area contributed by atoms with Gasteiger partial charge in [-0.15, -0.1) is 0 Å². The predicted octanol–water partition coefficient (Wildman–Crippen LogP) is 2.87. The molecule has 1 aliphatic rings. The van der Waals surface area contributed by atoms with Crippen LogP contribution in [0.5, 0.6) is 0 Å². The Labute approximate surface area is 195 Å². The Kier molecular flexibility index (Phi) is 6.01. The van der Waals surface area contributed by atoms with E-state index in [1.165, 1.54) is 30.6 Å². The van der Waals surface area contributed by atoms with Crippen LogP contribution in [0.2, 0.25) is 0 Å². The van der Waals surface area contributed by atoms with Gasteiger partial charge in [0.2, 0.25) is 0 Å². The Morgan fingerprint density at radius 1 is 1.15 bits per heavy atom. The molecule has 0 spiro atoms. The number of halogens is 1. The van der Waals surface area contributed by atoms with Crippen LogP contribution in [0.1, 0.15) is 22.8 Å². The molecule has 1 fully saturated rings. The van der Waals surface area contributed by atoms with Crippen LogP contribution >= 0.6 is 0 Å². The van der Waals surface area contributed by atoms with Crippen molar-refractivity contribution >= 4 is 16.9 Å². The van der Waals surface area contributed by atoms with Crippen LogP contribution < -0.4 is 0 Å². The second kappa shape index (κ2) is 9.41. The van der Waals surface area contributed by atoms with Gasteiger partial charge in [-0.25, -0.2) is 14.4 Å². The summed E-state index contributed by atoms with van der Waals surface area (Å²) in [6, 6.07) is 9.71. The molecule has 4 heterocycles. The average molecular weight is 459 g/mol. The number of nitriles is 1. The summed E-state index contributed by atoms with van der Waals surface area (Å²) < 4.78 is 15.0. The van der Waals surface area contributed by atoms with Crippen molar-refractivity contribution in [2.45, 2.75) is 12.5 Å². The van der Waals surface area contributed by atoms with Gasteiger partial charge in [0, 0.05) is 61.6 Å². The minimum absolute atomic E-state index is 0.0918. The molecular weight excluding hydrogens is 435 g/mol. The van der Waals surface area contributed by atoms with Gasteiger partial charge in [0.25, 0.3) is 5.91 Å². The van der Waals surface area contributed by atoms with Crippen LogP contribution in [0, 0.1) is 17.1 Å². The summed E-state index contributed by atoms with van der Waals surface area (Å²) in [5, 5.41) is 14.9. The zero-order chi connectivity index (χ0) is 23.5. The first-order chi connectivity index (χ1) is 16.6. The maximum absolute atomic E-state index is 13.2. The van der Waals surface area contributed by atoms with E-state index in [1.54, 1.807) is 11.1 Å². The van der Waals surface area contributed by atoms with E-state index in [4.69, 9.17) is 0 Å². The fourth-order valence-corrected chi connectivity index (χ4v) is 4.32. The molecule has 1 N–H and O–H groups in total. The fraction of sp³-hybridized carbons (Fsp3) is 0.292. The highest BCUT2D eigenvalue weighted by atomic mass is 19.1. The summed E-state index contributed by atoms with van der Waals surface area (Å²) in [7, 11) is 0.